The third kappa shape index (κ3) is 5.47. The van der Waals surface area contributed by atoms with Crippen molar-refractivity contribution in [2.75, 3.05) is 43.3 Å². The summed E-state index contributed by atoms with van der Waals surface area (Å²) in [4.78, 5) is 15.8. The molecule has 1 aliphatic carbocycles. The van der Waals surface area contributed by atoms with Gasteiger partial charge < -0.3 is 20.1 Å². The second-order valence-electron chi connectivity index (χ2n) is 10.8. The van der Waals surface area contributed by atoms with Crippen LogP contribution in [0.3, 0.4) is 0 Å². The van der Waals surface area contributed by atoms with E-state index in [1.807, 2.05) is 18.2 Å². The van der Waals surface area contributed by atoms with Crippen molar-refractivity contribution in [3.63, 3.8) is 0 Å². The summed E-state index contributed by atoms with van der Waals surface area (Å²) in [7, 11) is -2.05. The highest BCUT2D eigenvalue weighted by atomic mass is 32.2. The molecule has 3 heterocycles. The summed E-state index contributed by atoms with van der Waals surface area (Å²) in [6.07, 6.45) is 6.70. The van der Waals surface area contributed by atoms with Crippen molar-refractivity contribution in [3.8, 4) is 16.9 Å². The highest BCUT2D eigenvalue weighted by molar-refractivity contribution is 7.91. The Morgan fingerprint density at radius 1 is 1.16 bits per heavy atom. The number of nitrogen functional groups attached to an aromatic ring is 1. The van der Waals surface area contributed by atoms with Gasteiger partial charge in [-0.1, -0.05) is 19.9 Å². The first-order valence-corrected chi connectivity index (χ1v) is 14.6. The van der Waals surface area contributed by atoms with Gasteiger partial charge in [0.1, 0.15) is 35.2 Å². The van der Waals surface area contributed by atoms with Crippen molar-refractivity contribution in [2.24, 2.45) is 5.41 Å². The lowest BCUT2D eigenvalue weighted by Gasteiger charge is -2.33. The number of aromatic nitrogens is 3. The second kappa shape index (κ2) is 10.5. The van der Waals surface area contributed by atoms with Crippen LogP contribution < -0.4 is 15.4 Å². The molecule has 2 aliphatic rings. The topological polar surface area (TPSA) is 121 Å². The van der Waals surface area contributed by atoms with E-state index in [2.05, 4.69) is 28.7 Å². The first kappa shape index (κ1) is 26.4. The Labute approximate surface area is 224 Å². The van der Waals surface area contributed by atoms with Crippen LogP contribution in [0.1, 0.15) is 43.5 Å². The van der Waals surface area contributed by atoms with E-state index in [0.29, 0.717) is 38.3 Å². The lowest BCUT2D eigenvalue weighted by molar-refractivity contribution is 0.199. The van der Waals surface area contributed by atoms with Gasteiger partial charge >= 0.3 is 0 Å². The van der Waals surface area contributed by atoms with Gasteiger partial charge in [-0.25, -0.2) is 23.4 Å². The minimum Gasteiger partial charge on any atom is -0.491 e. The number of pyridine rings is 1. The summed E-state index contributed by atoms with van der Waals surface area (Å²) in [5, 5.41) is 0. The Bertz CT molecular complexity index is 1440. The smallest absolute Gasteiger partial charge is 0.182 e. The van der Waals surface area contributed by atoms with Crippen molar-refractivity contribution in [1.29, 1.82) is 0 Å². The first-order chi connectivity index (χ1) is 18.2. The maximum absolute atomic E-state index is 12.9. The number of nitrogens with zero attached hydrogens (tertiary/aromatic N) is 4. The van der Waals surface area contributed by atoms with E-state index in [4.69, 9.17) is 20.2 Å². The van der Waals surface area contributed by atoms with Crippen molar-refractivity contribution in [3.05, 3.63) is 53.6 Å². The van der Waals surface area contributed by atoms with Crippen molar-refractivity contribution < 1.29 is 17.9 Å². The summed E-state index contributed by atoms with van der Waals surface area (Å²) in [6, 6.07) is 7.53. The van der Waals surface area contributed by atoms with Crippen LogP contribution in [-0.4, -0.2) is 56.0 Å². The maximum Gasteiger partial charge on any atom is 0.182 e. The molecule has 1 aromatic carbocycles. The molecule has 0 unspecified atom stereocenters. The average molecular weight is 538 g/mol. The molecule has 38 heavy (non-hydrogen) atoms. The predicted octanol–water partition coefficient (Wildman–Crippen LogP) is 3.84. The molecular weight excluding hydrogens is 502 g/mol. The number of nitrogens with two attached hydrogens (primary N) is 1. The largest absolute Gasteiger partial charge is 0.491 e. The van der Waals surface area contributed by atoms with E-state index in [9.17, 15) is 8.42 Å². The van der Waals surface area contributed by atoms with Crippen molar-refractivity contribution in [1.82, 2.24) is 15.0 Å². The molecule has 2 aromatic heterocycles. The summed E-state index contributed by atoms with van der Waals surface area (Å²) >= 11 is 0. The number of ether oxygens (including phenoxy) is 2. The van der Waals surface area contributed by atoms with Crippen LogP contribution >= 0.6 is 0 Å². The molecule has 3 aromatic rings. The zero-order valence-electron chi connectivity index (χ0n) is 22.2. The summed E-state index contributed by atoms with van der Waals surface area (Å²) in [5.41, 5.74) is 11.1. The van der Waals surface area contributed by atoms with Crippen LogP contribution in [-0.2, 0) is 34.0 Å². The summed E-state index contributed by atoms with van der Waals surface area (Å²) in [6.45, 7) is 6.83. The minimum absolute atomic E-state index is 0.00638. The van der Waals surface area contributed by atoms with Gasteiger partial charge in [0.25, 0.3) is 0 Å². The molecular formula is C28H35N5O4S. The van der Waals surface area contributed by atoms with Gasteiger partial charge in [-0.15, -0.1) is 0 Å². The van der Waals surface area contributed by atoms with Gasteiger partial charge in [-0.3, -0.25) is 0 Å². The van der Waals surface area contributed by atoms with Gasteiger partial charge in [-0.2, -0.15) is 0 Å². The summed E-state index contributed by atoms with van der Waals surface area (Å²) < 4.78 is 37.0. The Balaban J connectivity index is 1.46. The highest BCUT2D eigenvalue weighted by Gasteiger charge is 2.31. The molecule has 0 saturated carbocycles. The van der Waals surface area contributed by atoms with Crippen LogP contribution in [0.2, 0.25) is 0 Å². The average Bonchev–Trinajstić information content (AvgIpc) is 3.10. The SMILES string of the molecule is COCCCS(=O)(=O)c1cc(-c2ccc3c(c2)CN(c2ncnc4c2CC(C)(C)CC4)CCO3)cnc1N. The molecule has 0 atom stereocenters. The van der Waals surface area contributed by atoms with Gasteiger partial charge in [0.15, 0.2) is 9.84 Å². The number of sulfone groups is 1. The van der Waals surface area contributed by atoms with Gasteiger partial charge in [0, 0.05) is 48.8 Å². The number of fused-ring (bicyclic) bond motifs is 2. The van der Waals surface area contributed by atoms with E-state index in [1.54, 1.807) is 25.7 Å². The van der Waals surface area contributed by atoms with Crippen LogP contribution in [0.25, 0.3) is 11.1 Å². The highest BCUT2D eigenvalue weighted by Crippen LogP contribution is 2.39. The molecule has 0 amide bonds. The molecule has 0 spiro atoms. The maximum atomic E-state index is 12.9. The molecule has 10 heteroatoms. The minimum atomic E-state index is -3.59. The fraction of sp³-hybridized carbons (Fsp3) is 0.464. The van der Waals surface area contributed by atoms with E-state index < -0.39 is 9.84 Å². The third-order valence-corrected chi connectivity index (χ3v) is 9.18. The van der Waals surface area contributed by atoms with Gasteiger partial charge in [0.05, 0.1) is 12.3 Å². The molecule has 1 aliphatic heterocycles. The second-order valence-corrected chi connectivity index (χ2v) is 12.9. The molecule has 0 fully saturated rings. The van der Waals surface area contributed by atoms with E-state index in [1.165, 1.54) is 5.56 Å². The van der Waals surface area contributed by atoms with Crippen LogP contribution in [0, 0.1) is 5.41 Å². The van der Waals surface area contributed by atoms with E-state index >= 15 is 0 Å². The molecule has 0 radical (unpaired) electrons. The van der Waals surface area contributed by atoms with Crippen molar-refractivity contribution >= 4 is 21.5 Å². The predicted molar refractivity (Wildman–Crippen MR) is 147 cm³/mol. The van der Waals surface area contributed by atoms with E-state index in [0.717, 1.165) is 47.7 Å². The fourth-order valence-electron chi connectivity index (χ4n) is 5.25. The zero-order valence-corrected chi connectivity index (χ0v) is 23.1. The molecule has 202 valence electrons. The molecule has 5 rings (SSSR count). The van der Waals surface area contributed by atoms with Crippen molar-refractivity contribution in [2.45, 2.75) is 51.0 Å². The number of aryl methyl sites for hydroxylation is 1. The number of methoxy groups -OCH3 is 1. The monoisotopic (exact) mass is 537 g/mol. The Kier molecular flexibility index (Phi) is 7.28. The lowest BCUT2D eigenvalue weighted by atomic mass is 9.76. The van der Waals surface area contributed by atoms with Crippen LogP contribution in [0.5, 0.6) is 5.75 Å². The number of rotatable bonds is 7. The Morgan fingerprint density at radius 2 is 2.00 bits per heavy atom. The van der Waals surface area contributed by atoms with Gasteiger partial charge in [-0.05, 0) is 54.9 Å². The standard InChI is InChI=1S/C28H35N5O4S/c1-28(2)8-7-23-22(15-28)27(32-18-31-23)33-9-11-37-24-6-5-19(13-21(24)17-33)20-14-25(26(29)30-16-20)38(34,35)12-4-10-36-3/h5-6,13-14,16,18H,4,7-12,15,17H2,1-3H3,(H2,29,30). The number of anilines is 2. The van der Waals surface area contributed by atoms with Crippen LogP contribution in [0.15, 0.2) is 41.7 Å². The number of benzene rings is 1. The quantitative estimate of drug-likeness (QED) is 0.448. The molecule has 9 nitrogen and oxygen atoms in total. The Hall–Kier alpha value is -3.24. The Morgan fingerprint density at radius 3 is 2.82 bits per heavy atom. The van der Waals surface area contributed by atoms with Crippen LogP contribution in [0.4, 0.5) is 11.6 Å². The first-order valence-electron chi connectivity index (χ1n) is 13.0. The number of hydrogen-bond donors (Lipinski definition) is 1. The zero-order chi connectivity index (χ0) is 26.9. The normalized spacial score (nSPS) is 16.8. The summed E-state index contributed by atoms with van der Waals surface area (Å²) in [5.74, 6) is 1.74. The third-order valence-electron chi connectivity index (χ3n) is 7.36. The fourth-order valence-corrected chi connectivity index (χ4v) is 6.65. The molecule has 2 N–H and O–H groups in total. The van der Waals surface area contributed by atoms with E-state index in [-0.39, 0.29) is 21.9 Å². The molecule has 0 bridgehead atoms. The lowest BCUT2D eigenvalue weighted by Crippen LogP contribution is -2.31. The molecule has 0 saturated heterocycles. The van der Waals surface area contributed by atoms with Gasteiger partial charge in [0.2, 0.25) is 0 Å². The number of hydrogen-bond acceptors (Lipinski definition) is 9.